The molecular formula is C28H36N3O5PS. The van der Waals surface area contributed by atoms with Crippen LogP contribution in [0.5, 0.6) is 0 Å². The summed E-state index contributed by atoms with van der Waals surface area (Å²) in [5.74, 6) is -0.570. The molecule has 3 aromatic rings. The number of thiazole rings is 1. The summed E-state index contributed by atoms with van der Waals surface area (Å²) in [6.45, 7) is 9.88. The minimum absolute atomic E-state index is 0.106. The van der Waals surface area contributed by atoms with E-state index in [1.807, 2.05) is 58.0 Å². The van der Waals surface area contributed by atoms with Gasteiger partial charge in [0, 0.05) is 17.7 Å². The van der Waals surface area contributed by atoms with Crippen LogP contribution in [-0.2, 0) is 19.8 Å². The van der Waals surface area contributed by atoms with E-state index in [0.29, 0.717) is 27.8 Å². The summed E-state index contributed by atoms with van der Waals surface area (Å²) < 4.78 is 24.4. The van der Waals surface area contributed by atoms with Gasteiger partial charge in [-0.15, -0.1) is 0 Å². The van der Waals surface area contributed by atoms with Gasteiger partial charge in [-0.25, -0.2) is 4.98 Å². The molecule has 0 fully saturated rings. The maximum atomic E-state index is 13.2. The molecule has 8 nitrogen and oxygen atoms in total. The average Bonchev–Trinajstić information content (AvgIpc) is 3.27. The number of anilines is 1. The zero-order chi connectivity index (χ0) is 27.7. The van der Waals surface area contributed by atoms with Crippen molar-refractivity contribution < 1.29 is 23.2 Å². The number of rotatable bonds is 13. The van der Waals surface area contributed by atoms with Gasteiger partial charge in [0.05, 0.1) is 24.1 Å². The maximum absolute atomic E-state index is 13.2. The summed E-state index contributed by atoms with van der Waals surface area (Å²) in [6, 6.07) is 16.2. The van der Waals surface area contributed by atoms with Crippen molar-refractivity contribution in [2.45, 2.75) is 65.8 Å². The third-order valence-electron chi connectivity index (χ3n) is 5.25. The topological polar surface area (TPSA) is 107 Å². The Labute approximate surface area is 228 Å². The molecule has 0 aliphatic carbocycles. The van der Waals surface area contributed by atoms with Crippen molar-refractivity contribution in [3.63, 3.8) is 0 Å². The number of amides is 2. The van der Waals surface area contributed by atoms with Crippen molar-refractivity contribution in [1.82, 2.24) is 10.3 Å². The van der Waals surface area contributed by atoms with Crippen LogP contribution in [0.3, 0.4) is 0 Å². The van der Waals surface area contributed by atoms with Crippen LogP contribution in [0, 0.1) is 0 Å². The molecule has 204 valence electrons. The summed E-state index contributed by atoms with van der Waals surface area (Å²) in [5.41, 5.74) is 2.47. The molecule has 0 aliphatic rings. The fourth-order valence-electron chi connectivity index (χ4n) is 3.67. The Morgan fingerprint density at radius 2 is 1.58 bits per heavy atom. The molecule has 2 amide bonds. The average molecular weight is 558 g/mol. The van der Waals surface area contributed by atoms with E-state index in [2.05, 4.69) is 22.5 Å². The lowest BCUT2D eigenvalue weighted by atomic mass is 10.1. The zero-order valence-electron chi connectivity index (χ0n) is 22.5. The van der Waals surface area contributed by atoms with Crippen molar-refractivity contribution in [3.8, 4) is 11.3 Å². The van der Waals surface area contributed by atoms with Crippen LogP contribution in [0.25, 0.3) is 11.3 Å². The molecule has 3 rings (SSSR count). The normalized spacial score (nSPS) is 11.7. The molecular weight excluding hydrogens is 521 g/mol. The van der Waals surface area contributed by atoms with Gasteiger partial charge in [-0.2, -0.15) is 0 Å². The predicted molar refractivity (Wildman–Crippen MR) is 153 cm³/mol. The van der Waals surface area contributed by atoms with E-state index in [0.717, 1.165) is 35.3 Å². The third kappa shape index (κ3) is 8.60. The third-order valence-corrected chi connectivity index (χ3v) is 8.46. The number of unbranched alkanes of at least 4 members (excludes halogenated alkanes) is 1. The van der Waals surface area contributed by atoms with Gasteiger partial charge >= 0.3 is 7.60 Å². The molecule has 0 unspecified atom stereocenters. The Morgan fingerprint density at radius 1 is 0.947 bits per heavy atom. The van der Waals surface area contributed by atoms with Gasteiger partial charge in [0.15, 0.2) is 5.13 Å². The van der Waals surface area contributed by atoms with Crippen molar-refractivity contribution >= 4 is 35.9 Å². The lowest BCUT2D eigenvalue weighted by Gasteiger charge is -2.22. The molecule has 0 radical (unpaired) electrons. The SMILES string of the molecule is CCCCNC(=O)c1sc(NC(=O)c2ccc(CP(=O)(OC(C)C)OC(C)C)cc2)nc1-c1ccccc1. The molecule has 0 saturated heterocycles. The quantitative estimate of drug-likeness (QED) is 0.171. The highest BCUT2D eigenvalue weighted by molar-refractivity contribution is 7.53. The summed E-state index contributed by atoms with van der Waals surface area (Å²) >= 11 is 1.14. The maximum Gasteiger partial charge on any atom is 0.335 e. The van der Waals surface area contributed by atoms with Crippen LogP contribution in [0.4, 0.5) is 5.13 Å². The minimum Gasteiger partial charge on any atom is -0.351 e. The first-order chi connectivity index (χ1) is 18.1. The van der Waals surface area contributed by atoms with Crippen molar-refractivity contribution in [2.24, 2.45) is 0 Å². The van der Waals surface area contributed by atoms with Gasteiger partial charge in [-0.1, -0.05) is 67.1 Å². The molecule has 2 aromatic carbocycles. The Morgan fingerprint density at radius 3 is 2.16 bits per heavy atom. The number of carbonyl (C=O) groups excluding carboxylic acids is 2. The molecule has 2 N–H and O–H groups in total. The van der Waals surface area contributed by atoms with Gasteiger partial charge < -0.3 is 14.4 Å². The van der Waals surface area contributed by atoms with E-state index < -0.39 is 7.60 Å². The Hall–Kier alpha value is -2.84. The first-order valence-electron chi connectivity index (χ1n) is 12.8. The molecule has 0 bridgehead atoms. The summed E-state index contributed by atoms with van der Waals surface area (Å²) in [4.78, 5) is 30.9. The number of nitrogens with one attached hydrogen (secondary N) is 2. The fourth-order valence-corrected chi connectivity index (χ4v) is 6.72. The molecule has 10 heteroatoms. The van der Waals surface area contributed by atoms with Crippen molar-refractivity contribution in [1.29, 1.82) is 0 Å². The van der Waals surface area contributed by atoms with Crippen LogP contribution in [0.1, 0.15) is 73.1 Å². The highest BCUT2D eigenvalue weighted by atomic mass is 32.1. The lowest BCUT2D eigenvalue weighted by molar-refractivity contribution is 0.0956. The van der Waals surface area contributed by atoms with E-state index in [1.165, 1.54) is 0 Å². The first-order valence-corrected chi connectivity index (χ1v) is 15.3. The van der Waals surface area contributed by atoms with Crippen LogP contribution in [-0.4, -0.2) is 35.6 Å². The highest BCUT2D eigenvalue weighted by Crippen LogP contribution is 2.53. The summed E-state index contributed by atoms with van der Waals surface area (Å²) in [6.07, 6.45) is 1.47. The Bertz CT molecular complexity index is 1250. The van der Waals surface area contributed by atoms with Gasteiger partial charge in [0.1, 0.15) is 4.88 Å². The number of aromatic nitrogens is 1. The van der Waals surface area contributed by atoms with Crippen LogP contribution in [0.2, 0.25) is 0 Å². The van der Waals surface area contributed by atoms with E-state index >= 15 is 0 Å². The smallest absolute Gasteiger partial charge is 0.335 e. The minimum atomic E-state index is -3.35. The second kappa shape index (κ2) is 13.8. The van der Waals surface area contributed by atoms with E-state index in [9.17, 15) is 14.2 Å². The molecule has 1 aromatic heterocycles. The molecule has 0 aliphatic heterocycles. The molecule has 0 atom stereocenters. The van der Waals surface area contributed by atoms with Crippen molar-refractivity contribution in [3.05, 3.63) is 70.6 Å². The largest absolute Gasteiger partial charge is 0.351 e. The number of carbonyl (C=O) groups is 2. The van der Waals surface area contributed by atoms with Crippen molar-refractivity contribution in [2.75, 3.05) is 11.9 Å². The van der Waals surface area contributed by atoms with E-state index in [4.69, 9.17) is 9.05 Å². The Kier molecular flexibility index (Phi) is 10.8. The number of hydrogen-bond donors (Lipinski definition) is 2. The van der Waals surface area contributed by atoms with Gasteiger partial charge in [0.25, 0.3) is 11.8 Å². The van der Waals surface area contributed by atoms with Gasteiger partial charge in [-0.3, -0.25) is 19.5 Å². The van der Waals surface area contributed by atoms with Gasteiger partial charge in [-0.05, 0) is 51.8 Å². The van der Waals surface area contributed by atoms with Crippen LogP contribution < -0.4 is 10.6 Å². The molecule has 0 saturated carbocycles. The summed E-state index contributed by atoms with van der Waals surface area (Å²) in [5, 5.41) is 6.08. The van der Waals surface area contributed by atoms with E-state index in [1.54, 1.807) is 24.3 Å². The van der Waals surface area contributed by atoms with Crippen LogP contribution in [0.15, 0.2) is 54.6 Å². The molecule has 38 heavy (non-hydrogen) atoms. The highest BCUT2D eigenvalue weighted by Gasteiger charge is 2.28. The molecule has 1 heterocycles. The summed E-state index contributed by atoms with van der Waals surface area (Å²) in [7, 11) is -3.35. The predicted octanol–water partition coefficient (Wildman–Crippen LogP) is 7.14. The van der Waals surface area contributed by atoms with Crippen LogP contribution >= 0.6 is 18.9 Å². The second-order valence-corrected chi connectivity index (χ2v) is 12.4. The lowest BCUT2D eigenvalue weighted by Crippen LogP contribution is -2.23. The zero-order valence-corrected chi connectivity index (χ0v) is 24.2. The van der Waals surface area contributed by atoms with Gasteiger partial charge in [0.2, 0.25) is 0 Å². The first kappa shape index (κ1) is 29.7. The monoisotopic (exact) mass is 557 g/mol. The van der Waals surface area contributed by atoms with E-state index in [-0.39, 0.29) is 30.2 Å². The Balaban J connectivity index is 1.77. The second-order valence-electron chi connectivity index (χ2n) is 9.40. The standard InChI is InChI=1S/C28H36N3O5PS/c1-6-7-17-29-27(33)25-24(22-11-9-8-10-12-22)30-28(38-25)31-26(32)23-15-13-21(14-16-23)18-37(34,35-19(2)3)36-20(4)5/h8-16,19-20H,6-7,17-18H2,1-5H3,(H,29,33)(H,30,31,32). The number of nitrogens with zero attached hydrogens (tertiary/aromatic N) is 1. The number of hydrogen-bond acceptors (Lipinski definition) is 7. The molecule has 0 spiro atoms. The number of benzene rings is 2. The fraction of sp³-hybridized carbons (Fsp3) is 0.393.